The molecule has 0 saturated heterocycles. The molecule has 1 aliphatic rings. The number of nitrogens with one attached hydrogen (secondary N) is 1. The summed E-state index contributed by atoms with van der Waals surface area (Å²) >= 11 is 0. The van der Waals surface area contributed by atoms with Crippen molar-refractivity contribution in [2.45, 2.75) is 18.9 Å². The summed E-state index contributed by atoms with van der Waals surface area (Å²) in [6.07, 6.45) is 1.98. The quantitative estimate of drug-likeness (QED) is 0.555. The second-order valence-electron chi connectivity index (χ2n) is 2.69. The fourth-order valence-electron chi connectivity index (χ4n) is 1.01. The summed E-state index contributed by atoms with van der Waals surface area (Å²) in [7, 11) is 0. The Balaban J connectivity index is 1.93. The van der Waals surface area contributed by atoms with Gasteiger partial charge in [-0.05, 0) is 12.3 Å². The maximum absolute atomic E-state index is 5.60. The lowest BCUT2D eigenvalue weighted by Crippen LogP contribution is -2.04. The second-order valence-corrected chi connectivity index (χ2v) is 2.69. The van der Waals surface area contributed by atoms with Crippen LogP contribution in [0.1, 0.15) is 12.2 Å². The lowest BCUT2D eigenvalue weighted by molar-refractivity contribution is 0.741. The number of aromatic amines is 1. The van der Waals surface area contributed by atoms with Gasteiger partial charge in [0.25, 0.3) is 0 Å². The number of H-pyrrole nitrogens is 1. The van der Waals surface area contributed by atoms with E-state index in [0.29, 0.717) is 12.0 Å². The van der Waals surface area contributed by atoms with Crippen molar-refractivity contribution >= 4 is 0 Å². The van der Waals surface area contributed by atoms with Crippen LogP contribution in [0.4, 0.5) is 0 Å². The van der Waals surface area contributed by atoms with Gasteiger partial charge < -0.3 is 5.73 Å². The summed E-state index contributed by atoms with van der Waals surface area (Å²) in [6, 6.07) is 0.374. The third-order valence-electron chi connectivity index (χ3n) is 1.81. The molecular weight excluding hydrogens is 130 g/mol. The lowest BCUT2D eigenvalue weighted by Gasteiger charge is -1.86. The van der Waals surface area contributed by atoms with Crippen molar-refractivity contribution in [3.8, 4) is 0 Å². The van der Waals surface area contributed by atoms with E-state index in [-0.39, 0.29) is 0 Å². The monoisotopic (exact) mass is 139 g/mol. The molecule has 1 saturated carbocycles. The molecule has 1 aromatic rings. The zero-order valence-electron chi connectivity index (χ0n) is 5.49. The zero-order chi connectivity index (χ0) is 6.97. The first-order valence-corrected chi connectivity index (χ1v) is 3.34. The second kappa shape index (κ2) is 2.02. The summed E-state index contributed by atoms with van der Waals surface area (Å²) in [4.78, 5) is 0. The molecule has 2 atom stereocenters. The molecule has 0 aliphatic heterocycles. The van der Waals surface area contributed by atoms with E-state index in [1.807, 2.05) is 0 Å². The minimum atomic E-state index is 0.374. The molecule has 5 nitrogen and oxygen atoms in total. The van der Waals surface area contributed by atoms with Crippen molar-refractivity contribution in [1.29, 1.82) is 0 Å². The fraction of sp³-hybridized carbons (Fsp3) is 0.800. The Morgan fingerprint density at radius 2 is 2.50 bits per heavy atom. The Kier molecular flexibility index (Phi) is 1.17. The maximum atomic E-state index is 5.60. The predicted molar refractivity (Wildman–Crippen MR) is 34.0 cm³/mol. The maximum Gasteiger partial charge on any atom is 0.174 e. The molecule has 2 unspecified atom stereocenters. The average molecular weight is 139 g/mol. The van der Waals surface area contributed by atoms with Gasteiger partial charge in [0.15, 0.2) is 5.82 Å². The van der Waals surface area contributed by atoms with Crippen LogP contribution in [0.2, 0.25) is 0 Å². The summed E-state index contributed by atoms with van der Waals surface area (Å²) in [5, 5.41) is 13.5. The van der Waals surface area contributed by atoms with Gasteiger partial charge in [0.05, 0.1) is 0 Å². The van der Waals surface area contributed by atoms with E-state index in [0.717, 1.165) is 18.7 Å². The van der Waals surface area contributed by atoms with Crippen LogP contribution in [0.5, 0.6) is 0 Å². The number of hydrogen-bond acceptors (Lipinski definition) is 4. The highest BCUT2D eigenvalue weighted by Gasteiger charge is 2.34. The van der Waals surface area contributed by atoms with Crippen LogP contribution >= 0.6 is 0 Å². The van der Waals surface area contributed by atoms with E-state index >= 15 is 0 Å². The fourth-order valence-corrected chi connectivity index (χ4v) is 1.01. The van der Waals surface area contributed by atoms with Crippen LogP contribution in [-0.2, 0) is 6.42 Å². The van der Waals surface area contributed by atoms with E-state index < -0.39 is 0 Å². The first-order chi connectivity index (χ1) is 4.86. The van der Waals surface area contributed by atoms with E-state index in [4.69, 9.17) is 5.73 Å². The van der Waals surface area contributed by atoms with E-state index in [9.17, 15) is 0 Å². The largest absolute Gasteiger partial charge is 0.327 e. The van der Waals surface area contributed by atoms with Crippen molar-refractivity contribution < 1.29 is 0 Å². The van der Waals surface area contributed by atoms with E-state index in [2.05, 4.69) is 20.6 Å². The number of hydrogen-bond donors (Lipinski definition) is 2. The van der Waals surface area contributed by atoms with Gasteiger partial charge in [0, 0.05) is 12.5 Å². The van der Waals surface area contributed by atoms with E-state index in [1.54, 1.807) is 0 Å². The van der Waals surface area contributed by atoms with Crippen molar-refractivity contribution in [3.63, 3.8) is 0 Å². The van der Waals surface area contributed by atoms with Crippen molar-refractivity contribution in [3.05, 3.63) is 5.82 Å². The molecule has 3 N–H and O–H groups in total. The van der Waals surface area contributed by atoms with Crippen LogP contribution in [-0.4, -0.2) is 26.7 Å². The van der Waals surface area contributed by atoms with Crippen LogP contribution < -0.4 is 5.73 Å². The van der Waals surface area contributed by atoms with Crippen LogP contribution in [0.3, 0.4) is 0 Å². The summed E-state index contributed by atoms with van der Waals surface area (Å²) < 4.78 is 0. The molecule has 1 fully saturated rings. The highest BCUT2D eigenvalue weighted by molar-refractivity contribution is 4.96. The third kappa shape index (κ3) is 0.995. The van der Waals surface area contributed by atoms with E-state index in [1.165, 1.54) is 0 Å². The highest BCUT2D eigenvalue weighted by Crippen LogP contribution is 2.30. The highest BCUT2D eigenvalue weighted by atomic mass is 15.5. The molecule has 1 aliphatic carbocycles. The summed E-state index contributed by atoms with van der Waals surface area (Å²) in [6.45, 7) is 0. The molecule has 0 amide bonds. The molecule has 5 heteroatoms. The molecule has 1 heterocycles. The number of nitrogens with zero attached hydrogens (tertiary/aromatic N) is 3. The molecular formula is C5H9N5. The molecule has 0 spiro atoms. The third-order valence-corrected chi connectivity index (χ3v) is 1.81. The number of tetrazole rings is 1. The molecule has 54 valence electrons. The Hall–Kier alpha value is -0.970. The van der Waals surface area contributed by atoms with Gasteiger partial charge in [-0.3, -0.25) is 0 Å². The van der Waals surface area contributed by atoms with Crippen molar-refractivity contribution in [2.75, 3.05) is 0 Å². The molecule has 0 aromatic carbocycles. The van der Waals surface area contributed by atoms with Crippen LogP contribution in [0.15, 0.2) is 0 Å². The molecule has 0 radical (unpaired) electrons. The van der Waals surface area contributed by atoms with Crippen LogP contribution in [0, 0.1) is 5.92 Å². The number of rotatable bonds is 2. The minimum absolute atomic E-state index is 0.374. The van der Waals surface area contributed by atoms with Gasteiger partial charge in [0.1, 0.15) is 0 Å². The topological polar surface area (TPSA) is 80.5 Å². The van der Waals surface area contributed by atoms with Crippen LogP contribution in [0.25, 0.3) is 0 Å². The molecule has 0 bridgehead atoms. The Morgan fingerprint density at radius 3 is 3.00 bits per heavy atom. The normalized spacial score (nSPS) is 30.5. The SMILES string of the molecule is NC1CC1Cc1nn[nH]n1. The van der Waals surface area contributed by atoms with Gasteiger partial charge in [-0.2, -0.15) is 5.21 Å². The first kappa shape index (κ1) is 5.79. The molecule has 10 heavy (non-hydrogen) atoms. The molecule has 2 rings (SSSR count). The smallest absolute Gasteiger partial charge is 0.174 e. The van der Waals surface area contributed by atoms with Gasteiger partial charge in [-0.15, -0.1) is 10.2 Å². The minimum Gasteiger partial charge on any atom is -0.327 e. The van der Waals surface area contributed by atoms with Gasteiger partial charge in [-0.1, -0.05) is 5.21 Å². The predicted octanol–water partition coefficient (Wildman–Crippen LogP) is -0.911. The van der Waals surface area contributed by atoms with Crippen molar-refractivity contribution in [2.24, 2.45) is 11.7 Å². The Morgan fingerprint density at radius 1 is 1.70 bits per heavy atom. The number of nitrogens with two attached hydrogens (primary N) is 1. The summed E-state index contributed by atoms with van der Waals surface area (Å²) in [5.74, 6) is 1.37. The first-order valence-electron chi connectivity index (χ1n) is 3.34. The van der Waals surface area contributed by atoms with Gasteiger partial charge in [-0.25, -0.2) is 0 Å². The zero-order valence-corrected chi connectivity index (χ0v) is 5.49. The molecule has 1 aromatic heterocycles. The number of aromatic nitrogens is 4. The Labute approximate surface area is 58.0 Å². The average Bonchev–Trinajstić information content (AvgIpc) is 2.48. The lowest BCUT2D eigenvalue weighted by atomic mass is 10.3. The Bertz CT molecular complexity index is 206. The van der Waals surface area contributed by atoms with Crippen molar-refractivity contribution in [1.82, 2.24) is 20.6 Å². The van der Waals surface area contributed by atoms with Gasteiger partial charge in [0.2, 0.25) is 0 Å². The standard InChI is InChI=1S/C5H9N5/c6-4-1-3(4)2-5-7-9-10-8-5/h3-4H,1-2,6H2,(H,7,8,9,10). The summed E-state index contributed by atoms with van der Waals surface area (Å²) in [5.41, 5.74) is 5.60. The van der Waals surface area contributed by atoms with Gasteiger partial charge >= 0.3 is 0 Å².